The number of fused-ring (bicyclic) bond motifs is 3. The highest BCUT2D eigenvalue weighted by atomic mass is 15.0. The molecule has 0 radical (unpaired) electrons. The Balaban J connectivity index is 1.15. The lowest BCUT2D eigenvalue weighted by Crippen LogP contribution is -1.93. The van der Waals surface area contributed by atoms with Crippen molar-refractivity contribution in [3.05, 3.63) is 175 Å². The van der Waals surface area contributed by atoms with E-state index >= 15 is 0 Å². The Labute approximate surface area is 283 Å². The molecule has 0 saturated carbocycles. The Morgan fingerprint density at radius 2 is 0.939 bits per heavy atom. The molecule has 0 amide bonds. The van der Waals surface area contributed by atoms with Gasteiger partial charge in [-0.1, -0.05) is 121 Å². The Morgan fingerprint density at radius 3 is 1.63 bits per heavy atom. The molecule has 226 valence electrons. The van der Waals surface area contributed by atoms with E-state index in [0.29, 0.717) is 5.56 Å². The zero-order valence-electron chi connectivity index (χ0n) is 26.6. The van der Waals surface area contributed by atoms with E-state index in [4.69, 9.17) is 0 Å². The maximum atomic E-state index is 9.74. The Morgan fingerprint density at radius 1 is 0.388 bits per heavy atom. The topological polar surface area (TPSA) is 28.7 Å². The van der Waals surface area contributed by atoms with Crippen LogP contribution in [0.3, 0.4) is 0 Å². The molecule has 2 nitrogen and oxygen atoms in total. The standard InChI is InChI=1S/C47H28N2/c48-29-30-14-24-44-42(26-30)43-28-35(19-25-45(43)49(44)37-12-5-2-6-13-37)34-10-7-11-36(27-34)39-21-16-33-17-22-40-38(31-8-3-1-4-9-31)20-15-32-18-23-41(39)47(33)46(32)40/h1-28H. The van der Waals surface area contributed by atoms with Crippen LogP contribution in [0.1, 0.15) is 5.56 Å². The number of nitriles is 1. The summed E-state index contributed by atoms with van der Waals surface area (Å²) in [5, 5.41) is 19.7. The predicted molar refractivity (Wildman–Crippen MR) is 206 cm³/mol. The van der Waals surface area contributed by atoms with Gasteiger partial charge in [-0.2, -0.15) is 5.26 Å². The fraction of sp³-hybridized carbons (Fsp3) is 0. The van der Waals surface area contributed by atoms with Crippen molar-refractivity contribution in [2.45, 2.75) is 0 Å². The van der Waals surface area contributed by atoms with E-state index in [1.54, 1.807) is 0 Å². The molecule has 0 N–H and O–H groups in total. The molecule has 0 aliphatic carbocycles. The van der Waals surface area contributed by atoms with Gasteiger partial charge in [0.25, 0.3) is 0 Å². The molecule has 0 atom stereocenters. The Kier molecular flexibility index (Phi) is 5.97. The van der Waals surface area contributed by atoms with Crippen LogP contribution < -0.4 is 0 Å². The van der Waals surface area contributed by atoms with Gasteiger partial charge in [0.15, 0.2) is 0 Å². The third kappa shape index (κ3) is 4.20. The number of hydrogen-bond donors (Lipinski definition) is 0. The van der Waals surface area contributed by atoms with Gasteiger partial charge in [0, 0.05) is 16.5 Å². The van der Waals surface area contributed by atoms with Crippen LogP contribution in [0.5, 0.6) is 0 Å². The molecule has 2 heteroatoms. The van der Waals surface area contributed by atoms with Crippen LogP contribution in [0.2, 0.25) is 0 Å². The highest BCUT2D eigenvalue weighted by molar-refractivity contribution is 6.27. The van der Waals surface area contributed by atoms with Gasteiger partial charge in [0.2, 0.25) is 0 Å². The maximum absolute atomic E-state index is 9.74. The van der Waals surface area contributed by atoms with Gasteiger partial charge in [-0.25, -0.2) is 0 Å². The second-order valence-corrected chi connectivity index (χ2v) is 12.8. The minimum Gasteiger partial charge on any atom is -0.309 e. The molecule has 0 bridgehead atoms. The minimum absolute atomic E-state index is 0.664. The third-order valence-electron chi connectivity index (χ3n) is 10.2. The van der Waals surface area contributed by atoms with Gasteiger partial charge in [-0.05, 0) is 114 Å². The van der Waals surface area contributed by atoms with Gasteiger partial charge in [-0.15, -0.1) is 0 Å². The first-order valence-corrected chi connectivity index (χ1v) is 16.7. The second kappa shape index (κ2) is 10.7. The van der Waals surface area contributed by atoms with Crippen molar-refractivity contribution in [3.8, 4) is 45.1 Å². The summed E-state index contributed by atoms with van der Waals surface area (Å²) in [6, 6.07) is 63.3. The van der Waals surface area contributed by atoms with E-state index in [2.05, 4.69) is 162 Å². The molecule has 10 aromatic rings. The average molecular weight is 621 g/mol. The fourth-order valence-corrected chi connectivity index (χ4v) is 7.92. The Hall–Kier alpha value is -6.69. The molecule has 0 aliphatic rings. The average Bonchev–Trinajstić information content (AvgIpc) is 3.50. The molecule has 0 fully saturated rings. The first-order valence-electron chi connectivity index (χ1n) is 16.7. The third-order valence-corrected chi connectivity index (χ3v) is 10.2. The number of benzene rings is 9. The highest BCUT2D eigenvalue weighted by Crippen LogP contribution is 2.43. The molecule has 1 heterocycles. The molecule has 49 heavy (non-hydrogen) atoms. The van der Waals surface area contributed by atoms with E-state index < -0.39 is 0 Å². The summed E-state index contributed by atoms with van der Waals surface area (Å²) in [6.07, 6.45) is 0. The maximum Gasteiger partial charge on any atom is 0.0991 e. The van der Waals surface area contributed by atoms with Gasteiger partial charge in [-0.3, -0.25) is 0 Å². The zero-order chi connectivity index (χ0) is 32.5. The van der Waals surface area contributed by atoms with Crippen molar-refractivity contribution in [1.82, 2.24) is 4.57 Å². The van der Waals surface area contributed by atoms with Crippen LogP contribution in [0.4, 0.5) is 0 Å². The molecule has 0 saturated heterocycles. The zero-order valence-corrected chi connectivity index (χ0v) is 26.6. The van der Waals surface area contributed by atoms with Crippen molar-refractivity contribution in [2.75, 3.05) is 0 Å². The summed E-state index contributed by atoms with van der Waals surface area (Å²) in [5.41, 5.74) is 11.2. The van der Waals surface area contributed by atoms with Gasteiger partial charge < -0.3 is 4.57 Å². The van der Waals surface area contributed by atoms with Crippen LogP contribution in [0.15, 0.2) is 170 Å². The van der Waals surface area contributed by atoms with E-state index in [0.717, 1.165) is 38.6 Å². The molecule has 0 aliphatic heterocycles. The van der Waals surface area contributed by atoms with Crippen molar-refractivity contribution in [2.24, 2.45) is 0 Å². The van der Waals surface area contributed by atoms with Gasteiger partial charge in [0.05, 0.1) is 22.7 Å². The number of aromatic nitrogens is 1. The van der Waals surface area contributed by atoms with Gasteiger partial charge in [0.1, 0.15) is 0 Å². The largest absolute Gasteiger partial charge is 0.309 e. The van der Waals surface area contributed by atoms with Crippen LogP contribution in [0.25, 0.3) is 93.2 Å². The Bertz CT molecular complexity index is 2930. The van der Waals surface area contributed by atoms with E-state index in [-0.39, 0.29) is 0 Å². The first kappa shape index (κ1) is 27.4. The summed E-state index contributed by atoms with van der Waals surface area (Å²) < 4.78 is 2.29. The lowest BCUT2D eigenvalue weighted by molar-refractivity contribution is 1.18. The van der Waals surface area contributed by atoms with Crippen LogP contribution in [-0.4, -0.2) is 4.57 Å². The summed E-state index contributed by atoms with van der Waals surface area (Å²) in [6.45, 7) is 0. The molecule has 10 rings (SSSR count). The monoisotopic (exact) mass is 620 g/mol. The second-order valence-electron chi connectivity index (χ2n) is 12.8. The number of nitrogens with zero attached hydrogens (tertiary/aromatic N) is 2. The molecule has 9 aromatic carbocycles. The normalized spacial score (nSPS) is 11.7. The number of para-hydroxylation sites is 1. The van der Waals surface area contributed by atoms with E-state index in [1.807, 2.05) is 18.2 Å². The predicted octanol–water partition coefficient (Wildman–Crippen LogP) is 12.6. The van der Waals surface area contributed by atoms with Crippen molar-refractivity contribution in [3.63, 3.8) is 0 Å². The van der Waals surface area contributed by atoms with E-state index in [9.17, 15) is 5.26 Å². The van der Waals surface area contributed by atoms with Crippen LogP contribution >= 0.6 is 0 Å². The van der Waals surface area contributed by atoms with Crippen molar-refractivity contribution in [1.29, 1.82) is 5.26 Å². The molecular formula is C47H28N2. The summed E-state index contributed by atoms with van der Waals surface area (Å²) in [7, 11) is 0. The number of hydrogen-bond acceptors (Lipinski definition) is 1. The highest BCUT2D eigenvalue weighted by Gasteiger charge is 2.17. The van der Waals surface area contributed by atoms with Crippen LogP contribution in [-0.2, 0) is 0 Å². The lowest BCUT2D eigenvalue weighted by Gasteiger charge is -2.17. The SMILES string of the molecule is N#Cc1ccc2c(c1)c1cc(-c3cccc(-c4ccc5ccc6c(-c7ccccc7)ccc7ccc4c5c76)c3)ccc1n2-c1ccccc1. The van der Waals surface area contributed by atoms with Crippen molar-refractivity contribution < 1.29 is 0 Å². The smallest absolute Gasteiger partial charge is 0.0991 e. The van der Waals surface area contributed by atoms with Crippen LogP contribution in [0, 0.1) is 11.3 Å². The molecule has 0 spiro atoms. The van der Waals surface area contributed by atoms with Crippen molar-refractivity contribution >= 4 is 54.1 Å². The lowest BCUT2D eigenvalue weighted by atomic mass is 9.87. The number of rotatable bonds is 4. The molecule has 0 unspecified atom stereocenters. The summed E-state index contributed by atoms with van der Waals surface area (Å²) in [5.74, 6) is 0. The molecule has 1 aromatic heterocycles. The quantitative estimate of drug-likeness (QED) is 0.180. The summed E-state index contributed by atoms with van der Waals surface area (Å²) in [4.78, 5) is 0. The minimum atomic E-state index is 0.664. The fourth-order valence-electron chi connectivity index (χ4n) is 7.92. The molecular weight excluding hydrogens is 593 g/mol. The van der Waals surface area contributed by atoms with E-state index in [1.165, 1.54) is 54.6 Å². The first-order chi connectivity index (χ1) is 24.2. The van der Waals surface area contributed by atoms with Gasteiger partial charge >= 0.3 is 0 Å². The summed E-state index contributed by atoms with van der Waals surface area (Å²) >= 11 is 0.